The fraction of sp³-hybridized carbons (Fsp3) is 0.111. The van der Waals surface area contributed by atoms with Crippen LogP contribution in [-0.4, -0.2) is 20.6 Å². The molecule has 0 spiro atoms. The summed E-state index contributed by atoms with van der Waals surface area (Å²) in [7, 11) is 0. The second-order valence-corrected chi connectivity index (χ2v) is 6.48. The molecule has 0 aliphatic rings. The number of rotatable bonds is 5. The summed E-state index contributed by atoms with van der Waals surface area (Å²) in [6.45, 7) is 2.03. The van der Waals surface area contributed by atoms with Gasteiger partial charge in [-0.15, -0.1) is 0 Å². The van der Waals surface area contributed by atoms with Crippen molar-refractivity contribution >= 4 is 33.3 Å². The van der Waals surface area contributed by atoms with Gasteiger partial charge in [-0.1, -0.05) is 40.2 Å². The van der Waals surface area contributed by atoms with Gasteiger partial charge in [-0.25, -0.2) is 4.68 Å². The van der Waals surface area contributed by atoms with Crippen molar-refractivity contribution in [1.29, 1.82) is 0 Å². The van der Waals surface area contributed by atoms with Crippen molar-refractivity contribution in [1.82, 2.24) is 9.78 Å². The molecule has 0 aliphatic carbocycles. The van der Waals surface area contributed by atoms with Gasteiger partial charge in [0.25, 0.3) is 11.6 Å². The van der Waals surface area contributed by atoms with Crippen molar-refractivity contribution in [3.63, 3.8) is 0 Å². The van der Waals surface area contributed by atoms with E-state index < -0.39 is 10.8 Å². The van der Waals surface area contributed by atoms with Crippen molar-refractivity contribution < 1.29 is 9.72 Å². The molecular weight excluding hydrogens is 400 g/mol. The van der Waals surface area contributed by atoms with E-state index in [0.29, 0.717) is 17.9 Å². The lowest BCUT2D eigenvalue weighted by Gasteiger charge is -2.11. The molecule has 8 heteroatoms. The van der Waals surface area contributed by atoms with Crippen LogP contribution in [-0.2, 0) is 6.54 Å². The Bertz CT molecular complexity index is 984. The third-order valence-electron chi connectivity index (χ3n) is 3.98. The van der Waals surface area contributed by atoms with Crippen LogP contribution in [0, 0.1) is 17.0 Å². The normalized spacial score (nSPS) is 10.5. The first-order valence-electron chi connectivity index (χ1n) is 7.78. The molecule has 0 saturated heterocycles. The maximum atomic E-state index is 12.6. The minimum Gasteiger partial charge on any atom is -0.307 e. The Morgan fingerprint density at radius 2 is 2.00 bits per heavy atom. The maximum Gasteiger partial charge on any atom is 0.273 e. The first-order valence-corrected chi connectivity index (χ1v) is 8.57. The smallest absolute Gasteiger partial charge is 0.273 e. The van der Waals surface area contributed by atoms with Crippen LogP contribution in [0.25, 0.3) is 0 Å². The van der Waals surface area contributed by atoms with Crippen LogP contribution in [0.2, 0.25) is 0 Å². The van der Waals surface area contributed by atoms with E-state index in [0.717, 1.165) is 10.0 Å². The zero-order valence-corrected chi connectivity index (χ0v) is 15.4. The first kappa shape index (κ1) is 17.8. The average molecular weight is 415 g/mol. The lowest BCUT2D eigenvalue weighted by Crippen LogP contribution is -2.17. The molecule has 0 atom stereocenters. The zero-order chi connectivity index (χ0) is 18.7. The largest absolute Gasteiger partial charge is 0.307 e. The van der Waals surface area contributed by atoms with Crippen LogP contribution in [0.15, 0.2) is 59.2 Å². The fourth-order valence-corrected chi connectivity index (χ4v) is 3.01. The van der Waals surface area contributed by atoms with Crippen molar-refractivity contribution in [3.8, 4) is 0 Å². The standard InChI is InChI=1S/C18H15BrN4O3/c1-12-14(6-4-8-16(12)23(25)26)18(24)21-17-9-10-20-22(17)11-13-5-2-3-7-15(13)19/h2-10H,11H2,1H3,(H,21,24). The molecule has 2 aromatic carbocycles. The SMILES string of the molecule is Cc1c(C(=O)Nc2ccnn2Cc2ccccc2Br)cccc1[N+](=O)[O-]. The molecule has 0 fully saturated rings. The second kappa shape index (κ2) is 7.49. The molecule has 0 aliphatic heterocycles. The van der Waals surface area contributed by atoms with E-state index in [-0.39, 0.29) is 11.3 Å². The second-order valence-electron chi connectivity index (χ2n) is 5.63. The molecule has 3 rings (SSSR count). The molecule has 26 heavy (non-hydrogen) atoms. The number of benzene rings is 2. The highest BCUT2D eigenvalue weighted by Crippen LogP contribution is 2.23. The molecular formula is C18H15BrN4O3. The van der Waals surface area contributed by atoms with E-state index >= 15 is 0 Å². The van der Waals surface area contributed by atoms with Gasteiger partial charge in [-0.2, -0.15) is 5.10 Å². The van der Waals surface area contributed by atoms with Gasteiger partial charge in [-0.3, -0.25) is 14.9 Å². The summed E-state index contributed by atoms with van der Waals surface area (Å²) in [5.41, 5.74) is 1.51. The van der Waals surface area contributed by atoms with Crippen molar-refractivity contribution in [2.45, 2.75) is 13.5 Å². The van der Waals surface area contributed by atoms with E-state index in [9.17, 15) is 14.9 Å². The predicted molar refractivity (Wildman–Crippen MR) is 101 cm³/mol. The average Bonchev–Trinajstić information content (AvgIpc) is 3.03. The van der Waals surface area contributed by atoms with Crippen LogP contribution >= 0.6 is 15.9 Å². The number of carbonyl (C=O) groups excluding carboxylic acids is 1. The van der Waals surface area contributed by atoms with E-state index in [1.165, 1.54) is 12.1 Å². The van der Waals surface area contributed by atoms with E-state index in [2.05, 4.69) is 26.3 Å². The lowest BCUT2D eigenvalue weighted by atomic mass is 10.1. The van der Waals surface area contributed by atoms with Crippen molar-refractivity contribution in [2.75, 3.05) is 5.32 Å². The Hall–Kier alpha value is -3.00. The van der Waals surface area contributed by atoms with Gasteiger partial charge in [0, 0.05) is 27.7 Å². The van der Waals surface area contributed by atoms with E-state index in [4.69, 9.17) is 0 Å². The summed E-state index contributed by atoms with van der Waals surface area (Å²) in [6.07, 6.45) is 1.59. The molecule has 0 saturated carbocycles. The molecule has 1 N–H and O–H groups in total. The topological polar surface area (TPSA) is 90.1 Å². The number of hydrogen-bond acceptors (Lipinski definition) is 4. The zero-order valence-electron chi connectivity index (χ0n) is 13.8. The highest BCUT2D eigenvalue weighted by atomic mass is 79.9. The molecule has 0 unspecified atom stereocenters. The highest BCUT2D eigenvalue weighted by molar-refractivity contribution is 9.10. The van der Waals surface area contributed by atoms with Crippen LogP contribution in [0.1, 0.15) is 21.5 Å². The number of nitrogens with one attached hydrogen (secondary N) is 1. The number of nitro benzene ring substituents is 1. The summed E-state index contributed by atoms with van der Waals surface area (Å²) in [5.74, 6) is 0.0942. The first-order chi connectivity index (χ1) is 12.5. The van der Waals surface area contributed by atoms with Crippen LogP contribution in [0.3, 0.4) is 0 Å². The number of aromatic nitrogens is 2. The van der Waals surface area contributed by atoms with Gasteiger partial charge in [-0.05, 0) is 24.6 Å². The molecule has 0 radical (unpaired) electrons. The summed E-state index contributed by atoms with van der Waals surface area (Å²) in [5, 5.41) is 18.1. The minimum atomic E-state index is -0.497. The fourth-order valence-electron chi connectivity index (χ4n) is 2.60. The molecule has 1 aromatic heterocycles. The van der Waals surface area contributed by atoms with Gasteiger partial charge in [0.1, 0.15) is 5.82 Å². The molecule has 0 bridgehead atoms. The number of halogens is 1. The molecule has 3 aromatic rings. The Kier molecular flexibility index (Phi) is 5.13. The number of nitro groups is 1. The van der Waals surface area contributed by atoms with E-state index in [1.54, 1.807) is 29.9 Å². The highest BCUT2D eigenvalue weighted by Gasteiger charge is 2.19. The van der Waals surface area contributed by atoms with Gasteiger partial charge < -0.3 is 5.32 Å². The quantitative estimate of drug-likeness (QED) is 0.501. The van der Waals surface area contributed by atoms with Gasteiger partial charge in [0.15, 0.2) is 0 Å². The van der Waals surface area contributed by atoms with Gasteiger partial charge in [0.2, 0.25) is 0 Å². The number of hydrogen-bond donors (Lipinski definition) is 1. The Morgan fingerprint density at radius 3 is 2.73 bits per heavy atom. The number of nitrogens with zero attached hydrogens (tertiary/aromatic N) is 3. The monoisotopic (exact) mass is 414 g/mol. The summed E-state index contributed by atoms with van der Waals surface area (Å²) in [6, 6.07) is 13.9. The number of carbonyl (C=O) groups is 1. The van der Waals surface area contributed by atoms with Crippen LogP contribution in [0.4, 0.5) is 11.5 Å². The lowest BCUT2D eigenvalue weighted by molar-refractivity contribution is -0.385. The summed E-state index contributed by atoms with van der Waals surface area (Å²) >= 11 is 3.49. The van der Waals surface area contributed by atoms with Crippen LogP contribution < -0.4 is 5.32 Å². The maximum absolute atomic E-state index is 12.6. The van der Waals surface area contributed by atoms with Gasteiger partial charge in [0.05, 0.1) is 17.7 Å². The van der Waals surface area contributed by atoms with Gasteiger partial charge >= 0.3 is 0 Å². The molecule has 1 heterocycles. The van der Waals surface area contributed by atoms with E-state index in [1.807, 2.05) is 24.3 Å². The number of amides is 1. The third-order valence-corrected chi connectivity index (χ3v) is 4.76. The Labute approximate surface area is 157 Å². The summed E-state index contributed by atoms with van der Waals surface area (Å²) < 4.78 is 2.60. The Morgan fingerprint density at radius 1 is 1.23 bits per heavy atom. The summed E-state index contributed by atoms with van der Waals surface area (Å²) in [4.78, 5) is 23.2. The molecule has 132 valence electrons. The van der Waals surface area contributed by atoms with Crippen molar-refractivity contribution in [2.24, 2.45) is 0 Å². The molecule has 1 amide bonds. The third kappa shape index (κ3) is 3.65. The Balaban J connectivity index is 1.84. The minimum absolute atomic E-state index is 0.0839. The van der Waals surface area contributed by atoms with Crippen LogP contribution in [0.5, 0.6) is 0 Å². The molecule has 7 nitrogen and oxygen atoms in total. The predicted octanol–water partition coefficient (Wildman–Crippen LogP) is 4.16. The number of anilines is 1. The van der Waals surface area contributed by atoms with Crippen molar-refractivity contribution in [3.05, 3.63) is 86.0 Å².